The molecule has 96 valence electrons. The fourth-order valence-electron chi connectivity index (χ4n) is 2.47. The highest BCUT2D eigenvalue weighted by Gasteiger charge is 2.20. The van der Waals surface area contributed by atoms with Crippen molar-refractivity contribution in [1.29, 1.82) is 0 Å². The first-order valence-electron chi connectivity index (χ1n) is 6.96. The topological polar surface area (TPSA) is 21.3 Å². The Kier molecular flexibility index (Phi) is 6.37. The van der Waals surface area contributed by atoms with Crippen molar-refractivity contribution in [2.45, 2.75) is 78.0 Å². The minimum absolute atomic E-state index is 0.404. The van der Waals surface area contributed by atoms with Gasteiger partial charge in [-0.05, 0) is 38.6 Å². The van der Waals surface area contributed by atoms with E-state index in [1.165, 1.54) is 25.7 Å². The van der Waals surface area contributed by atoms with Gasteiger partial charge in [0.05, 0.1) is 12.2 Å². The van der Waals surface area contributed by atoms with Crippen molar-refractivity contribution in [2.75, 3.05) is 6.54 Å². The molecule has 16 heavy (non-hydrogen) atoms. The predicted octanol–water partition coefficient (Wildman–Crippen LogP) is 3.36. The third-order valence-electron chi connectivity index (χ3n) is 3.42. The van der Waals surface area contributed by atoms with E-state index in [2.05, 4.69) is 33.0 Å². The van der Waals surface area contributed by atoms with E-state index in [1.54, 1.807) is 0 Å². The van der Waals surface area contributed by atoms with Crippen LogP contribution in [0.25, 0.3) is 0 Å². The molecule has 0 saturated heterocycles. The molecule has 2 nitrogen and oxygen atoms in total. The molecular formula is C14H29NO. The van der Waals surface area contributed by atoms with Crippen LogP contribution in [0.2, 0.25) is 0 Å². The molecule has 1 aliphatic rings. The Morgan fingerprint density at radius 2 is 2.00 bits per heavy atom. The summed E-state index contributed by atoms with van der Waals surface area (Å²) in [6, 6.07) is 0.585. The van der Waals surface area contributed by atoms with Gasteiger partial charge in [-0.1, -0.05) is 33.6 Å². The van der Waals surface area contributed by atoms with Crippen molar-refractivity contribution in [3.05, 3.63) is 0 Å². The van der Waals surface area contributed by atoms with Crippen LogP contribution in [0.3, 0.4) is 0 Å². The van der Waals surface area contributed by atoms with Crippen molar-refractivity contribution in [1.82, 2.24) is 5.32 Å². The zero-order valence-corrected chi connectivity index (χ0v) is 11.5. The average molecular weight is 227 g/mol. The summed E-state index contributed by atoms with van der Waals surface area (Å²) in [6.07, 6.45) is 7.34. The highest BCUT2D eigenvalue weighted by atomic mass is 16.5. The molecule has 2 heteroatoms. The van der Waals surface area contributed by atoms with Crippen LogP contribution in [0.4, 0.5) is 0 Å². The first-order chi connectivity index (χ1) is 7.58. The highest BCUT2D eigenvalue weighted by molar-refractivity contribution is 4.72. The molecule has 0 amide bonds. The van der Waals surface area contributed by atoms with Crippen molar-refractivity contribution in [2.24, 2.45) is 5.92 Å². The lowest BCUT2D eigenvalue weighted by Crippen LogP contribution is -2.30. The number of hydrogen-bond donors (Lipinski definition) is 1. The zero-order chi connectivity index (χ0) is 12.0. The van der Waals surface area contributed by atoms with E-state index >= 15 is 0 Å². The standard InChI is InChI=1S/C14H29NO/c1-11(2)15-9-8-13(4)16-14-7-5-6-12(3)10-14/h11-15H,5-10H2,1-4H3. The van der Waals surface area contributed by atoms with Gasteiger partial charge in [0.2, 0.25) is 0 Å². The maximum Gasteiger partial charge on any atom is 0.0581 e. The van der Waals surface area contributed by atoms with Gasteiger partial charge >= 0.3 is 0 Å². The van der Waals surface area contributed by atoms with Gasteiger partial charge in [-0.2, -0.15) is 0 Å². The third-order valence-corrected chi connectivity index (χ3v) is 3.42. The van der Waals surface area contributed by atoms with E-state index in [0.717, 1.165) is 18.9 Å². The van der Waals surface area contributed by atoms with E-state index in [0.29, 0.717) is 18.2 Å². The van der Waals surface area contributed by atoms with Crippen LogP contribution in [-0.2, 0) is 4.74 Å². The lowest BCUT2D eigenvalue weighted by atomic mass is 9.88. The van der Waals surface area contributed by atoms with E-state index in [4.69, 9.17) is 4.74 Å². The molecule has 0 heterocycles. The van der Waals surface area contributed by atoms with Crippen LogP contribution >= 0.6 is 0 Å². The van der Waals surface area contributed by atoms with E-state index in [1.807, 2.05) is 0 Å². The van der Waals surface area contributed by atoms with E-state index in [-0.39, 0.29) is 0 Å². The molecule has 0 aromatic heterocycles. The van der Waals surface area contributed by atoms with Crippen LogP contribution in [0.15, 0.2) is 0 Å². The summed E-state index contributed by atoms with van der Waals surface area (Å²) in [6.45, 7) is 10.0. The molecule has 1 saturated carbocycles. The lowest BCUT2D eigenvalue weighted by molar-refractivity contribution is -0.0331. The second kappa shape index (κ2) is 7.29. The first kappa shape index (κ1) is 14.0. The van der Waals surface area contributed by atoms with Crippen molar-refractivity contribution < 1.29 is 4.74 Å². The van der Waals surface area contributed by atoms with Gasteiger partial charge in [0, 0.05) is 6.04 Å². The number of hydrogen-bond acceptors (Lipinski definition) is 2. The zero-order valence-electron chi connectivity index (χ0n) is 11.5. The summed E-state index contributed by atoms with van der Waals surface area (Å²) in [4.78, 5) is 0. The minimum atomic E-state index is 0.404. The number of ether oxygens (including phenoxy) is 1. The molecule has 3 unspecified atom stereocenters. The van der Waals surface area contributed by atoms with Crippen LogP contribution in [0, 0.1) is 5.92 Å². The molecule has 0 bridgehead atoms. The molecule has 1 aliphatic carbocycles. The van der Waals surface area contributed by atoms with Gasteiger partial charge in [0.1, 0.15) is 0 Å². The van der Waals surface area contributed by atoms with E-state index in [9.17, 15) is 0 Å². The Bertz CT molecular complexity index is 182. The first-order valence-corrected chi connectivity index (χ1v) is 6.96. The summed E-state index contributed by atoms with van der Waals surface area (Å²) in [5.74, 6) is 0.861. The van der Waals surface area contributed by atoms with E-state index < -0.39 is 0 Å². The molecule has 0 radical (unpaired) electrons. The Morgan fingerprint density at radius 3 is 2.62 bits per heavy atom. The third kappa shape index (κ3) is 5.86. The molecule has 0 aromatic rings. The number of rotatable bonds is 6. The molecular weight excluding hydrogens is 198 g/mol. The molecule has 1 rings (SSSR count). The predicted molar refractivity (Wildman–Crippen MR) is 69.7 cm³/mol. The Balaban J connectivity index is 2.10. The second-order valence-electron chi connectivity index (χ2n) is 5.74. The Labute approximate surface area is 101 Å². The maximum absolute atomic E-state index is 6.10. The number of nitrogens with one attached hydrogen (secondary N) is 1. The van der Waals surface area contributed by atoms with Gasteiger partial charge in [-0.25, -0.2) is 0 Å². The second-order valence-corrected chi connectivity index (χ2v) is 5.74. The summed E-state index contributed by atoms with van der Waals surface area (Å²) in [5, 5.41) is 3.44. The monoisotopic (exact) mass is 227 g/mol. The van der Waals surface area contributed by atoms with Crippen molar-refractivity contribution in [3.8, 4) is 0 Å². The van der Waals surface area contributed by atoms with Crippen LogP contribution in [0.5, 0.6) is 0 Å². The van der Waals surface area contributed by atoms with Crippen LogP contribution < -0.4 is 5.32 Å². The summed E-state index contributed by atoms with van der Waals surface area (Å²) in [5.41, 5.74) is 0. The smallest absolute Gasteiger partial charge is 0.0581 e. The average Bonchev–Trinajstić information content (AvgIpc) is 2.16. The largest absolute Gasteiger partial charge is 0.375 e. The molecule has 3 atom stereocenters. The van der Waals surface area contributed by atoms with Gasteiger partial charge < -0.3 is 10.1 Å². The summed E-state index contributed by atoms with van der Waals surface area (Å²) < 4.78 is 6.10. The molecule has 0 spiro atoms. The fourth-order valence-corrected chi connectivity index (χ4v) is 2.47. The van der Waals surface area contributed by atoms with Gasteiger partial charge in [0.15, 0.2) is 0 Å². The van der Waals surface area contributed by atoms with Crippen molar-refractivity contribution in [3.63, 3.8) is 0 Å². The van der Waals surface area contributed by atoms with Crippen molar-refractivity contribution >= 4 is 0 Å². The van der Waals surface area contributed by atoms with Crippen LogP contribution in [-0.4, -0.2) is 24.8 Å². The molecule has 0 aromatic carbocycles. The highest BCUT2D eigenvalue weighted by Crippen LogP contribution is 2.26. The summed E-state index contributed by atoms with van der Waals surface area (Å²) >= 11 is 0. The molecule has 0 aliphatic heterocycles. The SMILES string of the molecule is CC1CCCC(OC(C)CCNC(C)C)C1. The minimum Gasteiger partial charge on any atom is -0.375 e. The molecule has 1 N–H and O–H groups in total. The van der Waals surface area contributed by atoms with Gasteiger partial charge in [0.25, 0.3) is 0 Å². The lowest BCUT2D eigenvalue weighted by Gasteiger charge is -2.29. The Morgan fingerprint density at radius 1 is 1.25 bits per heavy atom. The maximum atomic E-state index is 6.10. The normalized spacial score (nSPS) is 28.3. The Hall–Kier alpha value is -0.0800. The van der Waals surface area contributed by atoms with Crippen LogP contribution in [0.1, 0.15) is 59.8 Å². The quantitative estimate of drug-likeness (QED) is 0.751. The summed E-state index contributed by atoms with van der Waals surface area (Å²) in [7, 11) is 0. The fraction of sp³-hybridized carbons (Fsp3) is 1.00. The molecule has 1 fully saturated rings. The van der Waals surface area contributed by atoms with Gasteiger partial charge in [-0.3, -0.25) is 0 Å². The van der Waals surface area contributed by atoms with Gasteiger partial charge in [-0.15, -0.1) is 0 Å².